The van der Waals surface area contributed by atoms with Gasteiger partial charge in [-0.3, -0.25) is 9.69 Å². The number of carbonyl (C=O) groups is 1. The molecule has 1 amide bonds. The van der Waals surface area contributed by atoms with Gasteiger partial charge < -0.3 is 4.74 Å². The van der Waals surface area contributed by atoms with E-state index in [2.05, 4.69) is 44.7 Å². The van der Waals surface area contributed by atoms with Crippen molar-refractivity contribution < 1.29 is 9.53 Å². The Morgan fingerprint density at radius 3 is 2.03 bits per heavy atom. The van der Waals surface area contributed by atoms with E-state index >= 15 is 0 Å². The fraction of sp³-hybridized carbons (Fsp3) is 0.222. The molecule has 2 atom stereocenters. The molecule has 0 aliphatic carbocycles. The van der Waals surface area contributed by atoms with E-state index in [0.29, 0.717) is 13.0 Å². The van der Waals surface area contributed by atoms with E-state index in [-0.39, 0.29) is 11.8 Å². The summed E-state index contributed by atoms with van der Waals surface area (Å²) < 4.78 is 6.21. The predicted molar refractivity (Wildman–Crippen MR) is 122 cm³/mol. The molecular formula is C27H27NO2. The Morgan fingerprint density at radius 1 is 0.967 bits per heavy atom. The molecule has 4 rings (SSSR count). The maximum atomic E-state index is 13.5. The fourth-order valence-corrected chi connectivity index (χ4v) is 4.07. The number of carbonyl (C=O) groups excluding carboxylic acids is 1. The van der Waals surface area contributed by atoms with Gasteiger partial charge in [0.2, 0.25) is 5.91 Å². The van der Waals surface area contributed by atoms with Crippen molar-refractivity contribution in [2.45, 2.75) is 25.9 Å². The van der Waals surface area contributed by atoms with Gasteiger partial charge in [-0.1, -0.05) is 72.8 Å². The Labute approximate surface area is 178 Å². The standard InChI is InChI=1S/C27H27NO2/c1-20-14-16-23(17-15-20)27(3)21(2)22(19-30-27)18-26(29)28(24-10-6-4-7-11-24)25-12-8-5-9-13-25/h4-17,22H,2,18-19H2,1,3H3/t22-,27-/m1/s1. The van der Waals surface area contributed by atoms with Crippen LogP contribution in [0.3, 0.4) is 0 Å². The third kappa shape index (κ3) is 3.81. The zero-order valence-corrected chi connectivity index (χ0v) is 17.5. The van der Waals surface area contributed by atoms with Crippen LogP contribution < -0.4 is 4.90 Å². The highest BCUT2D eigenvalue weighted by molar-refractivity contribution is 6.00. The molecule has 0 unspecified atom stereocenters. The quantitative estimate of drug-likeness (QED) is 0.482. The van der Waals surface area contributed by atoms with Crippen LogP contribution in [-0.4, -0.2) is 12.5 Å². The normalized spacial score (nSPS) is 20.9. The van der Waals surface area contributed by atoms with Gasteiger partial charge in [0.1, 0.15) is 5.60 Å². The van der Waals surface area contributed by atoms with E-state index in [0.717, 1.165) is 22.5 Å². The summed E-state index contributed by atoms with van der Waals surface area (Å²) in [5.41, 5.74) is 4.40. The Bertz CT molecular complexity index is 988. The first-order valence-corrected chi connectivity index (χ1v) is 10.3. The van der Waals surface area contributed by atoms with Crippen LogP contribution in [0.5, 0.6) is 0 Å². The second-order valence-corrected chi connectivity index (χ2v) is 8.04. The van der Waals surface area contributed by atoms with Gasteiger partial charge in [-0.2, -0.15) is 0 Å². The molecule has 152 valence electrons. The lowest BCUT2D eigenvalue weighted by atomic mass is 9.83. The van der Waals surface area contributed by atoms with Crippen LogP contribution in [0, 0.1) is 12.8 Å². The molecule has 3 aromatic rings. The fourth-order valence-electron chi connectivity index (χ4n) is 4.07. The first kappa shape index (κ1) is 20.1. The number of nitrogens with zero attached hydrogens (tertiary/aromatic N) is 1. The van der Waals surface area contributed by atoms with Gasteiger partial charge in [0.25, 0.3) is 0 Å². The summed E-state index contributed by atoms with van der Waals surface area (Å²) in [5, 5.41) is 0. The van der Waals surface area contributed by atoms with Crippen molar-refractivity contribution in [3.05, 3.63) is 108 Å². The highest BCUT2D eigenvalue weighted by Gasteiger charge is 2.42. The van der Waals surface area contributed by atoms with Gasteiger partial charge in [0, 0.05) is 23.7 Å². The Morgan fingerprint density at radius 2 is 1.50 bits per heavy atom. The number of amides is 1. The van der Waals surface area contributed by atoms with Gasteiger partial charge in [0.05, 0.1) is 6.61 Å². The average Bonchev–Trinajstić information content (AvgIpc) is 3.05. The van der Waals surface area contributed by atoms with Gasteiger partial charge in [-0.15, -0.1) is 0 Å². The summed E-state index contributed by atoms with van der Waals surface area (Å²) in [7, 11) is 0. The number of hydrogen-bond acceptors (Lipinski definition) is 2. The zero-order valence-electron chi connectivity index (χ0n) is 17.5. The van der Waals surface area contributed by atoms with Crippen molar-refractivity contribution >= 4 is 17.3 Å². The minimum atomic E-state index is -0.566. The van der Waals surface area contributed by atoms with E-state index in [9.17, 15) is 4.79 Å². The zero-order chi connectivity index (χ0) is 21.1. The lowest BCUT2D eigenvalue weighted by molar-refractivity contribution is -0.118. The van der Waals surface area contributed by atoms with Crippen LogP contribution >= 0.6 is 0 Å². The van der Waals surface area contributed by atoms with Crippen molar-refractivity contribution in [1.29, 1.82) is 0 Å². The Balaban J connectivity index is 1.57. The molecule has 3 heteroatoms. The summed E-state index contributed by atoms with van der Waals surface area (Å²) in [6, 6.07) is 27.9. The molecule has 1 saturated heterocycles. The summed E-state index contributed by atoms with van der Waals surface area (Å²) in [4.78, 5) is 15.3. The predicted octanol–water partition coefficient (Wildman–Crippen LogP) is 6.17. The van der Waals surface area contributed by atoms with Gasteiger partial charge >= 0.3 is 0 Å². The molecule has 0 aromatic heterocycles. The van der Waals surface area contributed by atoms with Gasteiger partial charge in [0.15, 0.2) is 0 Å². The van der Waals surface area contributed by atoms with Crippen LogP contribution in [0.15, 0.2) is 97.1 Å². The number of hydrogen-bond donors (Lipinski definition) is 0. The Kier molecular flexibility index (Phi) is 5.56. The average molecular weight is 398 g/mol. The Hall–Kier alpha value is -3.17. The van der Waals surface area contributed by atoms with E-state index in [4.69, 9.17) is 4.74 Å². The summed E-state index contributed by atoms with van der Waals surface area (Å²) in [6.45, 7) is 8.96. The lowest BCUT2D eigenvalue weighted by Gasteiger charge is -2.27. The number of para-hydroxylation sites is 2. The first-order chi connectivity index (χ1) is 14.5. The molecule has 0 saturated carbocycles. The maximum Gasteiger partial charge on any atom is 0.232 e. The smallest absolute Gasteiger partial charge is 0.232 e. The van der Waals surface area contributed by atoms with E-state index in [1.807, 2.05) is 60.7 Å². The molecule has 1 heterocycles. The van der Waals surface area contributed by atoms with Crippen molar-refractivity contribution in [1.82, 2.24) is 0 Å². The number of benzene rings is 3. The molecule has 30 heavy (non-hydrogen) atoms. The third-order valence-electron chi connectivity index (χ3n) is 5.98. The molecule has 1 aliphatic heterocycles. The molecule has 0 radical (unpaired) electrons. The molecule has 1 aliphatic rings. The second-order valence-electron chi connectivity index (χ2n) is 8.04. The number of ether oxygens (including phenoxy) is 1. The molecule has 0 N–H and O–H groups in total. The van der Waals surface area contributed by atoms with E-state index < -0.39 is 5.60 Å². The van der Waals surface area contributed by atoms with E-state index in [1.165, 1.54) is 5.56 Å². The van der Waals surface area contributed by atoms with Crippen LogP contribution in [0.25, 0.3) is 0 Å². The molecule has 0 spiro atoms. The van der Waals surface area contributed by atoms with Crippen molar-refractivity contribution in [2.75, 3.05) is 11.5 Å². The van der Waals surface area contributed by atoms with Crippen LogP contribution in [0.4, 0.5) is 11.4 Å². The van der Waals surface area contributed by atoms with Crippen molar-refractivity contribution in [3.8, 4) is 0 Å². The van der Waals surface area contributed by atoms with E-state index in [1.54, 1.807) is 4.90 Å². The van der Waals surface area contributed by atoms with Crippen LogP contribution in [-0.2, 0) is 15.1 Å². The molecule has 1 fully saturated rings. The van der Waals surface area contributed by atoms with Crippen molar-refractivity contribution in [2.24, 2.45) is 5.92 Å². The molecule has 0 bridgehead atoms. The van der Waals surface area contributed by atoms with Gasteiger partial charge in [-0.05, 0) is 49.2 Å². The SMILES string of the molecule is C=C1[C@H](CC(=O)N(c2ccccc2)c2ccccc2)CO[C@@]1(C)c1ccc(C)cc1. The summed E-state index contributed by atoms with van der Waals surface area (Å²) in [6.07, 6.45) is 0.351. The monoisotopic (exact) mass is 397 g/mol. The molecule has 3 nitrogen and oxygen atoms in total. The second kappa shape index (κ2) is 8.29. The summed E-state index contributed by atoms with van der Waals surface area (Å²) in [5.74, 6) is 0.00836. The largest absolute Gasteiger partial charge is 0.366 e. The number of aryl methyl sites for hydroxylation is 1. The van der Waals surface area contributed by atoms with Crippen LogP contribution in [0.2, 0.25) is 0 Å². The minimum Gasteiger partial charge on any atom is -0.366 e. The van der Waals surface area contributed by atoms with Crippen LogP contribution in [0.1, 0.15) is 24.5 Å². The number of anilines is 2. The summed E-state index contributed by atoms with van der Waals surface area (Å²) >= 11 is 0. The highest BCUT2D eigenvalue weighted by atomic mass is 16.5. The molecule has 3 aromatic carbocycles. The topological polar surface area (TPSA) is 29.5 Å². The maximum absolute atomic E-state index is 13.5. The number of rotatable bonds is 5. The highest BCUT2D eigenvalue weighted by Crippen LogP contribution is 2.44. The minimum absolute atomic E-state index is 0.0290. The third-order valence-corrected chi connectivity index (χ3v) is 5.98. The molecular weight excluding hydrogens is 370 g/mol. The lowest BCUT2D eigenvalue weighted by Crippen LogP contribution is -2.29. The first-order valence-electron chi connectivity index (χ1n) is 10.3. The van der Waals surface area contributed by atoms with Gasteiger partial charge in [-0.25, -0.2) is 0 Å². The van der Waals surface area contributed by atoms with Crippen molar-refractivity contribution in [3.63, 3.8) is 0 Å².